The van der Waals surface area contributed by atoms with Crippen LogP contribution < -0.4 is 11.1 Å². The fraction of sp³-hybridized carbons (Fsp3) is 0.611. The number of benzene rings is 1. The number of nitrogens with two attached hydrogens (primary N) is 1. The molecule has 2 atom stereocenters. The fourth-order valence-electron chi connectivity index (χ4n) is 2.98. The summed E-state index contributed by atoms with van der Waals surface area (Å²) < 4.78 is 0. The molecule has 1 aliphatic rings. The molecule has 7 heteroatoms. The topological polar surface area (TPSA) is 58.4 Å². The lowest BCUT2D eigenvalue weighted by molar-refractivity contribution is -0.127. The van der Waals surface area contributed by atoms with E-state index in [1.54, 1.807) is 0 Å². The predicted octanol–water partition coefficient (Wildman–Crippen LogP) is 3.25. The van der Waals surface area contributed by atoms with Crippen LogP contribution in [-0.4, -0.2) is 48.0 Å². The molecule has 0 saturated carbocycles. The monoisotopic (exact) mass is 407 g/mol. The van der Waals surface area contributed by atoms with Gasteiger partial charge < -0.3 is 11.1 Å². The quantitative estimate of drug-likeness (QED) is 0.693. The normalized spacial score (nSPS) is 16.9. The Kier molecular flexibility index (Phi) is 13.5. The molecule has 1 aromatic carbocycles. The van der Waals surface area contributed by atoms with Gasteiger partial charge in [-0.3, -0.25) is 9.69 Å². The van der Waals surface area contributed by atoms with Gasteiger partial charge in [-0.15, -0.1) is 24.8 Å². The van der Waals surface area contributed by atoms with Gasteiger partial charge in [-0.05, 0) is 12.0 Å². The first-order valence-electron chi connectivity index (χ1n) is 8.63. The molecule has 0 aromatic heterocycles. The average Bonchev–Trinajstić information content (AvgIpc) is 2.60. The highest BCUT2D eigenvalue weighted by molar-refractivity contribution is 7.99. The van der Waals surface area contributed by atoms with E-state index in [9.17, 15) is 4.79 Å². The van der Waals surface area contributed by atoms with E-state index in [-0.39, 0.29) is 42.8 Å². The minimum Gasteiger partial charge on any atom is -0.350 e. The number of nitrogens with zero attached hydrogens (tertiary/aromatic N) is 1. The van der Waals surface area contributed by atoms with Crippen molar-refractivity contribution in [3.8, 4) is 0 Å². The highest BCUT2D eigenvalue weighted by Crippen LogP contribution is 2.24. The number of thioether (sulfide) groups is 1. The summed E-state index contributed by atoms with van der Waals surface area (Å²) in [6.45, 7) is 4.58. The maximum atomic E-state index is 13.0. The summed E-state index contributed by atoms with van der Waals surface area (Å²) in [5, 5.41) is 3.18. The zero-order chi connectivity index (χ0) is 16.5. The molecule has 2 unspecified atom stereocenters. The number of nitrogens with one attached hydrogen (secondary N) is 1. The van der Waals surface area contributed by atoms with Crippen molar-refractivity contribution in [2.75, 3.05) is 31.1 Å². The zero-order valence-corrected chi connectivity index (χ0v) is 17.3. The Morgan fingerprint density at radius 1 is 1.24 bits per heavy atom. The van der Waals surface area contributed by atoms with Crippen LogP contribution in [0.25, 0.3) is 0 Å². The van der Waals surface area contributed by atoms with Gasteiger partial charge in [0, 0.05) is 37.2 Å². The zero-order valence-electron chi connectivity index (χ0n) is 14.9. The summed E-state index contributed by atoms with van der Waals surface area (Å²) >= 11 is 1.96. The average molecular weight is 408 g/mol. The third-order valence-electron chi connectivity index (χ3n) is 4.31. The highest BCUT2D eigenvalue weighted by atomic mass is 35.5. The lowest BCUT2D eigenvalue weighted by Gasteiger charge is -2.34. The van der Waals surface area contributed by atoms with Crippen LogP contribution >= 0.6 is 36.6 Å². The minimum absolute atomic E-state index is 0. The Morgan fingerprint density at radius 3 is 2.44 bits per heavy atom. The molecule has 1 fully saturated rings. The summed E-state index contributed by atoms with van der Waals surface area (Å²) in [6.07, 6.45) is 3.17. The van der Waals surface area contributed by atoms with Gasteiger partial charge in [-0.2, -0.15) is 11.8 Å². The predicted molar refractivity (Wildman–Crippen MR) is 113 cm³/mol. The van der Waals surface area contributed by atoms with E-state index in [1.807, 2.05) is 30.0 Å². The summed E-state index contributed by atoms with van der Waals surface area (Å²) in [5.74, 6) is 2.27. The lowest BCUT2D eigenvalue weighted by atomic mass is 10.0. The van der Waals surface area contributed by atoms with Gasteiger partial charge in [0.05, 0.1) is 0 Å². The van der Waals surface area contributed by atoms with Gasteiger partial charge >= 0.3 is 0 Å². The Bertz CT molecular complexity index is 473. The van der Waals surface area contributed by atoms with Gasteiger partial charge in [0.15, 0.2) is 0 Å². The Morgan fingerprint density at radius 2 is 1.88 bits per heavy atom. The van der Waals surface area contributed by atoms with Crippen molar-refractivity contribution in [2.45, 2.75) is 38.3 Å². The molecular formula is C18H31Cl2N3OS. The standard InChI is InChI=1S/C18H29N3OS.2ClH/c1-2-3-9-16(14-19)20-18(22)17(15-7-5-4-6-8-15)21-10-12-23-13-11-21;;/h4-8,16-17H,2-3,9-14,19H2,1H3,(H,20,22);2*1H. The van der Waals surface area contributed by atoms with Crippen LogP contribution in [0.2, 0.25) is 0 Å². The smallest absolute Gasteiger partial charge is 0.242 e. The molecule has 0 aliphatic carbocycles. The molecular weight excluding hydrogens is 377 g/mol. The van der Waals surface area contributed by atoms with Gasteiger partial charge in [0.2, 0.25) is 5.91 Å². The van der Waals surface area contributed by atoms with Crippen molar-refractivity contribution in [3.05, 3.63) is 35.9 Å². The number of carbonyl (C=O) groups excluding carboxylic acids is 1. The molecule has 25 heavy (non-hydrogen) atoms. The largest absolute Gasteiger partial charge is 0.350 e. The van der Waals surface area contributed by atoms with Crippen molar-refractivity contribution in [2.24, 2.45) is 5.73 Å². The van der Waals surface area contributed by atoms with Gasteiger partial charge in [0.1, 0.15) is 6.04 Å². The minimum atomic E-state index is -0.201. The van der Waals surface area contributed by atoms with E-state index < -0.39 is 0 Å². The number of carbonyl (C=O) groups is 1. The van der Waals surface area contributed by atoms with E-state index in [1.165, 1.54) is 0 Å². The fourth-order valence-corrected chi connectivity index (χ4v) is 3.91. The summed E-state index contributed by atoms with van der Waals surface area (Å²) in [5.41, 5.74) is 6.92. The van der Waals surface area contributed by atoms with Crippen LogP contribution in [0.1, 0.15) is 37.8 Å². The van der Waals surface area contributed by atoms with Gasteiger partial charge in [0.25, 0.3) is 0 Å². The number of amides is 1. The first-order chi connectivity index (χ1) is 11.3. The van der Waals surface area contributed by atoms with E-state index in [0.29, 0.717) is 6.54 Å². The van der Waals surface area contributed by atoms with Crippen LogP contribution in [0.5, 0.6) is 0 Å². The molecule has 3 N–H and O–H groups in total. The van der Waals surface area contributed by atoms with Gasteiger partial charge in [-0.1, -0.05) is 50.1 Å². The van der Waals surface area contributed by atoms with E-state index in [2.05, 4.69) is 29.3 Å². The Labute approximate surface area is 168 Å². The second-order valence-corrected chi connectivity index (χ2v) is 7.27. The number of unbranched alkanes of at least 4 members (excludes halogenated alkanes) is 1. The highest BCUT2D eigenvalue weighted by Gasteiger charge is 2.29. The van der Waals surface area contributed by atoms with E-state index in [0.717, 1.165) is 49.4 Å². The first kappa shape index (κ1) is 24.5. The van der Waals surface area contributed by atoms with Crippen LogP contribution in [0.4, 0.5) is 0 Å². The van der Waals surface area contributed by atoms with Gasteiger partial charge in [-0.25, -0.2) is 0 Å². The molecule has 1 amide bonds. The van der Waals surface area contributed by atoms with Crippen molar-refractivity contribution in [1.29, 1.82) is 0 Å². The van der Waals surface area contributed by atoms with Crippen molar-refractivity contribution >= 4 is 42.5 Å². The number of hydrogen-bond donors (Lipinski definition) is 2. The molecule has 2 rings (SSSR count). The van der Waals surface area contributed by atoms with Crippen molar-refractivity contribution in [1.82, 2.24) is 10.2 Å². The Balaban J connectivity index is 0.00000288. The maximum absolute atomic E-state index is 13.0. The molecule has 1 heterocycles. The SMILES string of the molecule is CCCCC(CN)NC(=O)C(c1ccccc1)N1CCSCC1.Cl.Cl. The number of halogens is 2. The van der Waals surface area contributed by atoms with Crippen LogP contribution in [0.3, 0.4) is 0 Å². The van der Waals surface area contributed by atoms with Crippen LogP contribution in [0, 0.1) is 0 Å². The third-order valence-corrected chi connectivity index (χ3v) is 5.25. The van der Waals surface area contributed by atoms with Crippen LogP contribution in [-0.2, 0) is 4.79 Å². The van der Waals surface area contributed by atoms with E-state index >= 15 is 0 Å². The maximum Gasteiger partial charge on any atom is 0.242 e. The molecule has 1 saturated heterocycles. The molecule has 144 valence electrons. The number of rotatable bonds is 8. The van der Waals surface area contributed by atoms with Crippen molar-refractivity contribution in [3.63, 3.8) is 0 Å². The molecule has 0 bridgehead atoms. The molecule has 0 radical (unpaired) electrons. The van der Waals surface area contributed by atoms with E-state index in [4.69, 9.17) is 5.73 Å². The number of hydrogen-bond acceptors (Lipinski definition) is 4. The van der Waals surface area contributed by atoms with Crippen LogP contribution in [0.15, 0.2) is 30.3 Å². The second kappa shape index (κ2) is 13.7. The Hall–Kier alpha value is -0.460. The lowest BCUT2D eigenvalue weighted by Crippen LogP contribution is -2.48. The molecule has 4 nitrogen and oxygen atoms in total. The third kappa shape index (κ3) is 7.75. The molecule has 1 aliphatic heterocycles. The molecule has 0 spiro atoms. The molecule has 1 aromatic rings. The first-order valence-corrected chi connectivity index (χ1v) is 9.79. The summed E-state index contributed by atoms with van der Waals surface area (Å²) in [7, 11) is 0. The summed E-state index contributed by atoms with van der Waals surface area (Å²) in [4.78, 5) is 15.3. The van der Waals surface area contributed by atoms with Crippen molar-refractivity contribution < 1.29 is 4.79 Å². The summed E-state index contributed by atoms with van der Waals surface area (Å²) in [6, 6.07) is 9.98. The second-order valence-electron chi connectivity index (χ2n) is 6.05.